The average molecular weight is 359 g/mol. The molecule has 2 saturated heterocycles. The molecular weight excluding hydrogens is 324 g/mol. The molecule has 0 bridgehead atoms. The van der Waals surface area contributed by atoms with Gasteiger partial charge in [0.05, 0.1) is 0 Å². The number of hydrogen-bond acceptors (Lipinski definition) is 4. The second-order valence-electron chi connectivity index (χ2n) is 7.51. The van der Waals surface area contributed by atoms with Gasteiger partial charge >= 0.3 is 0 Å². The van der Waals surface area contributed by atoms with Gasteiger partial charge in [-0.3, -0.25) is 4.99 Å². The lowest BCUT2D eigenvalue weighted by Gasteiger charge is -2.35. The average Bonchev–Trinajstić information content (AvgIpc) is 2.70. The van der Waals surface area contributed by atoms with Crippen molar-refractivity contribution in [2.45, 2.75) is 33.2 Å². The van der Waals surface area contributed by atoms with Crippen LogP contribution in [-0.2, 0) is 6.54 Å². The molecule has 3 rings (SSSR count). The van der Waals surface area contributed by atoms with Gasteiger partial charge in [0, 0.05) is 59.1 Å². The van der Waals surface area contributed by atoms with Crippen LogP contribution >= 0.6 is 0 Å². The summed E-state index contributed by atoms with van der Waals surface area (Å²) in [5, 5.41) is 3.54. The lowest BCUT2D eigenvalue weighted by molar-refractivity contribution is 0.270. The Hall–Kier alpha value is -1.82. The van der Waals surface area contributed by atoms with Crippen LogP contribution in [0.15, 0.2) is 23.3 Å². The molecule has 0 amide bonds. The SMILES string of the molecule is CCN1CCN(c2cc(CNC(=NC)N3CCC(C)CC3)ccn2)CC1. The fourth-order valence-electron chi connectivity index (χ4n) is 3.77. The van der Waals surface area contributed by atoms with Crippen molar-refractivity contribution in [1.82, 2.24) is 20.1 Å². The van der Waals surface area contributed by atoms with Gasteiger partial charge in [0.2, 0.25) is 0 Å². The van der Waals surface area contributed by atoms with Gasteiger partial charge in [-0.15, -0.1) is 0 Å². The van der Waals surface area contributed by atoms with Crippen LogP contribution in [0.25, 0.3) is 0 Å². The predicted octanol–water partition coefficient (Wildman–Crippen LogP) is 2.03. The normalized spacial score (nSPS) is 20.5. The number of likely N-dealkylation sites (N-methyl/N-ethyl adjacent to an activating group) is 1. The quantitative estimate of drug-likeness (QED) is 0.659. The van der Waals surface area contributed by atoms with Crippen molar-refractivity contribution in [3.63, 3.8) is 0 Å². The van der Waals surface area contributed by atoms with E-state index in [1.165, 1.54) is 18.4 Å². The lowest BCUT2D eigenvalue weighted by Crippen LogP contribution is -2.46. The number of guanidine groups is 1. The molecule has 2 aliphatic heterocycles. The molecule has 1 aromatic rings. The first kappa shape index (κ1) is 19.0. The summed E-state index contributed by atoms with van der Waals surface area (Å²) < 4.78 is 0. The van der Waals surface area contributed by atoms with E-state index in [2.05, 4.69) is 56.0 Å². The highest BCUT2D eigenvalue weighted by Crippen LogP contribution is 2.17. The molecule has 0 saturated carbocycles. The van der Waals surface area contributed by atoms with Crippen LogP contribution < -0.4 is 10.2 Å². The maximum Gasteiger partial charge on any atom is 0.193 e. The number of aromatic nitrogens is 1. The third-order valence-electron chi connectivity index (χ3n) is 5.70. The molecule has 144 valence electrons. The van der Waals surface area contributed by atoms with E-state index in [1.807, 2.05) is 13.2 Å². The number of pyridine rings is 1. The second kappa shape index (κ2) is 9.21. The van der Waals surface area contributed by atoms with Crippen molar-refractivity contribution in [2.75, 3.05) is 57.8 Å². The number of nitrogens with zero attached hydrogens (tertiary/aromatic N) is 5. The van der Waals surface area contributed by atoms with Crippen LogP contribution in [0.4, 0.5) is 5.82 Å². The van der Waals surface area contributed by atoms with Crippen molar-refractivity contribution in [3.8, 4) is 0 Å². The molecule has 2 fully saturated rings. The second-order valence-corrected chi connectivity index (χ2v) is 7.51. The summed E-state index contributed by atoms with van der Waals surface area (Å²) in [6.45, 7) is 13.1. The Balaban J connectivity index is 1.55. The van der Waals surface area contributed by atoms with Crippen LogP contribution in [0.3, 0.4) is 0 Å². The van der Waals surface area contributed by atoms with E-state index in [1.54, 1.807) is 0 Å². The van der Waals surface area contributed by atoms with E-state index in [0.29, 0.717) is 0 Å². The van der Waals surface area contributed by atoms with Crippen molar-refractivity contribution < 1.29 is 0 Å². The van der Waals surface area contributed by atoms with Crippen LogP contribution in [0, 0.1) is 5.92 Å². The minimum atomic E-state index is 0.795. The van der Waals surface area contributed by atoms with Crippen LogP contribution in [0.1, 0.15) is 32.3 Å². The number of piperidine rings is 1. The summed E-state index contributed by atoms with van der Waals surface area (Å²) >= 11 is 0. The van der Waals surface area contributed by atoms with Gasteiger partial charge < -0.3 is 20.0 Å². The highest BCUT2D eigenvalue weighted by molar-refractivity contribution is 5.80. The number of piperazine rings is 1. The first-order chi connectivity index (χ1) is 12.7. The van der Waals surface area contributed by atoms with Crippen LogP contribution in [0.5, 0.6) is 0 Å². The third kappa shape index (κ3) is 4.87. The summed E-state index contributed by atoms with van der Waals surface area (Å²) in [4.78, 5) is 16.4. The number of rotatable bonds is 4. The lowest BCUT2D eigenvalue weighted by atomic mass is 10.00. The standard InChI is InChI=1S/C20H34N6/c1-4-24-11-13-25(14-12-24)19-15-18(5-8-22-19)16-23-20(21-3)26-9-6-17(2)7-10-26/h5,8,15,17H,4,6-7,9-14,16H2,1-3H3,(H,21,23). The molecule has 26 heavy (non-hydrogen) atoms. The molecule has 0 spiro atoms. The van der Waals surface area contributed by atoms with Crippen LogP contribution in [0.2, 0.25) is 0 Å². The van der Waals surface area contributed by atoms with Gasteiger partial charge in [-0.2, -0.15) is 0 Å². The molecule has 1 N–H and O–H groups in total. The molecule has 1 aromatic heterocycles. The van der Waals surface area contributed by atoms with Gasteiger partial charge in [0.15, 0.2) is 5.96 Å². The van der Waals surface area contributed by atoms with Gasteiger partial charge in [0.1, 0.15) is 5.82 Å². The highest BCUT2D eigenvalue weighted by atomic mass is 15.3. The maximum absolute atomic E-state index is 4.60. The largest absolute Gasteiger partial charge is 0.354 e. The fraction of sp³-hybridized carbons (Fsp3) is 0.700. The van der Waals surface area contributed by atoms with E-state index in [4.69, 9.17) is 0 Å². The first-order valence-electron chi connectivity index (χ1n) is 10.1. The molecule has 0 aromatic carbocycles. The maximum atomic E-state index is 4.60. The fourth-order valence-corrected chi connectivity index (χ4v) is 3.77. The molecule has 6 nitrogen and oxygen atoms in total. The number of hydrogen-bond donors (Lipinski definition) is 1. The third-order valence-corrected chi connectivity index (χ3v) is 5.70. The Morgan fingerprint density at radius 3 is 2.58 bits per heavy atom. The zero-order chi connectivity index (χ0) is 18.4. The summed E-state index contributed by atoms with van der Waals surface area (Å²) in [6.07, 6.45) is 4.44. The molecule has 0 unspecified atom stereocenters. The topological polar surface area (TPSA) is 47.0 Å². The molecule has 6 heteroatoms. The van der Waals surface area contributed by atoms with Crippen LogP contribution in [-0.4, -0.2) is 73.6 Å². The first-order valence-corrected chi connectivity index (χ1v) is 10.1. The Morgan fingerprint density at radius 2 is 1.92 bits per heavy atom. The number of likely N-dealkylation sites (tertiary alicyclic amines) is 1. The zero-order valence-electron chi connectivity index (χ0n) is 16.6. The minimum Gasteiger partial charge on any atom is -0.354 e. The number of aliphatic imine (C=N–C) groups is 1. The molecule has 3 heterocycles. The molecular formula is C20H34N6. The molecule has 0 radical (unpaired) electrons. The Morgan fingerprint density at radius 1 is 1.19 bits per heavy atom. The summed E-state index contributed by atoms with van der Waals surface area (Å²) in [7, 11) is 1.88. The smallest absolute Gasteiger partial charge is 0.193 e. The van der Waals surface area contributed by atoms with Gasteiger partial charge in [0.25, 0.3) is 0 Å². The summed E-state index contributed by atoms with van der Waals surface area (Å²) in [5.41, 5.74) is 1.26. The van der Waals surface area contributed by atoms with E-state index in [0.717, 1.165) is 70.1 Å². The highest BCUT2D eigenvalue weighted by Gasteiger charge is 2.19. The van der Waals surface area contributed by atoms with Crippen molar-refractivity contribution in [2.24, 2.45) is 10.9 Å². The van der Waals surface area contributed by atoms with Gasteiger partial charge in [-0.25, -0.2) is 4.98 Å². The summed E-state index contributed by atoms with van der Waals surface area (Å²) in [5.74, 6) is 2.95. The Labute approximate surface area is 158 Å². The van der Waals surface area contributed by atoms with Crippen molar-refractivity contribution in [1.29, 1.82) is 0 Å². The molecule has 2 aliphatic rings. The van der Waals surface area contributed by atoms with E-state index in [-0.39, 0.29) is 0 Å². The Bertz CT molecular complexity index is 586. The van der Waals surface area contributed by atoms with E-state index < -0.39 is 0 Å². The zero-order valence-corrected chi connectivity index (χ0v) is 16.6. The van der Waals surface area contributed by atoms with Crippen molar-refractivity contribution in [3.05, 3.63) is 23.9 Å². The molecule has 0 atom stereocenters. The number of anilines is 1. The monoisotopic (exact) mass is 358 g/mol. The number of nitrogens with one attached hydrogen (secondary N) is 1. The van der Waals surface area contributed by atoms with E-state index in [9.17, 15) is 0 Å². The van der Waals surface area contributed by atoms with E-state index >= 15 is 0 Å². The minimum absolute atomic E-state index is 0.795. The predicted molar refractivity (Wildman–Crippen MR) is 109 cm³/mol. The Kier molecular flexibility index (Phi) is 6.72. The molecule has 0 aliphatic carbocycles. The van der Waals surface area contributed by atoms with Gasteiger partial charge in [-0.05, 0) is 43.0 Å². The van der Waals surface area contributed by atoms with Crippen molar-refractivity contribution >= 4 is 11.8 Å². The summed E-state index contributed by atoms with van der Waals surface area (Å²) in [6, 6.07) is 4.32. The van der Waals surface area contributed by atoms with Gasteiger partial charge in [-0.1, -0.05) is 13.8 Å².